The highest BCUT2D eigenvalue weighted by atomic mass is 16.4. The molecule has 1 aromatic carbocycles. The van der Waals surface area contributed by atoms with Gasteiger partial charge in [0.2, 0.25) is 5.91 Å². The van der Waals surface area contributed by atoms with Crippen LogP contribution in [0.2, 0.25) is 0 Å². The highest BCUT2D eigenvalue weighted by molar-refractivity contribution is 5.91. The van der Waals surface area contributed by atoms with E-state index >= 15 is 0 Å². The second-order valence-corrected chi connectivity index (χ2v) is 5.67. The predicted molar refractivity (Wildman–Crippen MR) is 85.2 cm³/mol. The Morgan fingerprint density at radius 2 is 1.91 bits per heavy atom. The lowest BCUT2D eigenvalue weighted by atomic mass is 9.97. The molecule has 0 aliphatic carbocycles. The van der Waals surface area contributed by atoms with Crippen molar-refractivity contribution < 1.29 is 14.7 Å². The molecule has 1 amide bonds. The topological polar surface area (TPSA) is 69.6 Å². The molecule has 1 aliphatic heterocycles. The number of nitrogens with zero attached hydrogens (tertiary/aromatic N) is 1. The maximum Gasteiger partial charge on any atom is 0.306 e. The van der Waals surface area contributed by atoms with E-state index in [1.165, 1.54) is 11.6 Å². The van der Waals surface area contributed by atoms with Crippen molar-refractivity contribution in [2.24, 2.45) is 5.92 Å². The minimum absolute atomic E-state index is 0.138. The summed E-state index contributed by atoms with van der Waals surface area (Å²) in [5.74, 6) is -1.10. The van der Waals surface area contributed by atoms with E-state index in [0.29, 0.717) is 32.6 Å². The first kappa shape index (κ1) is 16.2. The van der Waals surface area contributed by atoms with Crippen molar-refractivity contribution in [3.8, 4) is 0 Å². The van der Waals surface area contributed by atoms with E-state index in [1.807, 2.05) is 31.2 Å². The molecule has 5 heteroatoms. The number of piperidine rings is 1. The van der Waals surface area contributed by atoms with Crippen LogP contribution in [-0.4, -0.2) is 41.6 Å². The second-order valence-electron chi connectivity index (χ2n) is 5.67. The molecular formula is C17H22N2O3. The van der Waals surface area contributed by atoms with Gasteiger partial charge >= 0.3 is 5.97 Å². The van der Waals surface area contributed by atoms with E-state index in [4.69, 9.17) is 5.11 Å². The second kappa shape index (κ2) is 7.75. The van der Waals surface area contributed by atoms with Crippen molar-refractivity contribution in [1.29, 1.82) is 0 Å². The number of hydrogen-bond acceptors (Lipinski definition) is 3. The predicted octanol–water partition coefficient (Wildman–Crippen LogP) is 1.88. The summed E-state index contributed by atoms with van der Waals surface area (Å²) in [5.41, 5.74) is 2.18. The summed E-state index contributed by atoms with van der Waals surface area (Å²) in [6.07, 6.45) is 4.59. The van der Waals surface area contributed by atoms with Crippen molar-refractivity contribution >= 4 is 18.0 Å². The zero-order valence-corrected chi connectivity index (χ0v) is 12.8. The number of benzene rings is 1. The summed E-state index contributed by atoms with van der Waals surface area (Å²) in [6.45, 7) is 3.90. The van der Waals surface area contributed by atoms with Gasteiger partial charge in [0, 0.05) is 19.2 Å². The van der Waals surface area contributed by atoms with Crippen LogP contribution in [0.1, 0.15) is 24.0 Å². The molecule has 0 unspecified atom stereocenters. The lowest BCUT2D eigenvalue weighted by Crippen LogP contribution is -2.42. The Kier molecular flexibility index (Phi) is 5.72. The molecule has 118 valence electrons. The fourth-order valence-electron chi connectivity index (χ4n) is 2.44. The molecule has 0 aromatic heterocycles. The average molecular weight is 302 g/mol. The number of aryl methyl sites for hydroxylation is 1. The Morgan fingerprint density at radius 1 is 1.27 bits per heavy atom. The largest absolute Gasteiger partial charge is 0.481 e. The van der Waals surface area contributed by atoms with Gasteiger partial charge in [0.1, 0.15) is 0 Å². The van der Waals surface area contributed by atoms with Crippen molar-refractivity contribution in [2.45, 2.75) is 19.8 Å². The van der Waals surface area contributed by atoms with Crippen LogP contribution in [0.5, 0.6) is 0 Å². The summed E-state index contributed by atoms with van der Waals surface area (Å²) >= 11 is 0. The standard InChI is InChI=1S/C17H22N2O3/c1-13-2-4-14(5-3-13)6-7-16(20)18-12-19-10-8-15(9-11-19)17(21)22/h2-7,15H,8-12H2,1H3,(H,18,20)(H,21,22)/b7-6+. The SMILES string of the molecule is Cc1ccc(/C=C/C(=O)NCN2CCC(C(=O)O)CC2)cc1. The van der Waals surface area contributed by atoms with Crippen molar-refractivity contribution in [3.05, 3.63) is 41.5 Å². The molecule has 0 spiro atoms. The molecule has 22 heavy (non-hydrogen) atoms. The van der Waals surface area contributed by atoms with Crippen LogP contribution in [0.25, 0.3) is 6.08 Å². The minimum atomic E-state index is -0.718. The zero-order chi connectivity index (χ0) is 15.9. The minimum Gasteiger partial charge on any atom is -0.481 e. The molecule has 2 rings (SSSR count). The van der Waals surface area contributed by atoms with Crippen LogP contribution in [0.4, 0.5) is 0 Å². The first-order chi connectivity index (χ1) is 10.5. The first-order valence-electron chi connectivity index (χ1n) is 7.52. The molecule has 1 fully saturated rings. The van der Waals surface area contributed by atoms with Crippen molar-refractivity contribution in [3.63, 3.8) is 0 Å². The summed E-state index contributed by atoms with van der Waals surface area (Å²) in [5, 5.41) is 11.8. The third-order valence-electron chi connectivity index (χ3n) is 3.92. The number of carbonyl (C=O) groups is 2. The quantitative estimate of drug-likeness (QED) is 0.815. The van der Waals surface area contributed by atoms with Crippen LogP contribution in [-0.2, 0) is 9.59 Å². The summed E-state index contributed by atoms with van der Waals surface area (Å²) in [6, 6.07) is 7.94. The molecule has 1 heterocycles. The van der Waals surface area contributed by atoms with Gasteiger partial charge in [0.25, 0.3) is 0 Å². The molecule has 0 bridgehead atoms. The van der Waals surface area contributed by atoms with E-state index in [2.05, 4.69) is 10.2 Å². The van der Waals surface area contributed by atoms with Crippen molar-refractivity contribution in [2.75, 3.05) is 19.8 Å². The maximum absolute atomic E-state index is 11.8. The number of carboxylic acids is 1. The Balaban J connectivity index is 1.72. The van der Waals surface area contributed by atoms with E-state index < -0.39 is 5.97 Å². The molecule has 0 radical (unpaired) electrons. The van der Waals surface area contributed by atoms with Crippen LogP contribution in [0, 0.1) is 12.8 Å². The maximum atomic E-state index is 11.8. The number of carbonyl (C=O) groups excluding carboxylic acids is 1. The first-order valence-corrected chi connectivity index (χ1v) is 7.52. The highest BCUT2D eigenvalue weighted by Gasteiger charge is 2.24. The lowest BCUT2D eigenvalue weighted by molar-refractivity contribution is -0.143. The van der Waals surface area contributed by atoms with Crippen LogP contribution >= 0.6 is 0 Å². The monoisotopic (exact) mass is 302 g/mol. The summed E-state index contributed by atoms with van der Waals surface area (Å²) < 4.78 is 0. The lowest BCUT2D eigenvalue weighted by Gasteiger charge is -2.29. The van der Waals surface area contributed by atoms with Crippen LogP contribution in [0.15, 0.2) is 30.3 Å². The smallest absolute Gasteiger partial charge is 0.306 e. The normalized spacial score (nSPS) is 16.8. The fraction of sp³-hybridized carbons (Fsp3) is 0.412. The number of amides is 1. The van der Waals surface area contributed by atoms with Gasteiger partial charge in [-0.3, -0.25) is 14.5 Å². The zero-order valence-electron chi connectivity index (χ0n) is 12.8. The molecule has 0 atom stereocenters. The van der Waals surface area contributed by atoms with Gasteiger partial charge in [-0.05, 0) is 31.4 Å². The molecule has 5 nitrogen and oxygen atoms in total. The van der Waals surface area contributed by atoms with Gasteiger partial charge in [-0.25, -0.2) is 0 Å². The highest BCUT2D eigenvalue weighted by Crippen LogP contribution is 2.16. The Morgan fingerprint density at radius 3 is 2.50 bits per heavy atom. The van der Waals surface area contributed by atoms with Crippen molar-refractivity contribution in [1.82, 2.24) is 10.2 Å². The third-order valence-corrected chi connectivity index (χ3v) is 3.92. The van der Waals surface area contributed by atoms with Gasteiger partial charge in [0.15, 0.2) is 0 Å². The summed E-state index contributed by atoms with van der Waals surface area (Å²) in [7, 11) is 0. The van der Waals surface area contributed by atoms with Crippen LogP contribution in [0.3, 0.4) is 0 Å². The van der Waals surface area contributed by atoms with Gasteiger partial charge in [-0.1, -0.05) is 29.8 Å². The van der Waals surface area contributed by atoms with Gasteiger partial charge in [0.05, 0.1) is 12.6 Å². The van der Waals surface area contributed by atoms with Gasteiger partial charge < -0.3 is 10.4 Å². The van der Waals surface area contributed by atoms with Crippen LogP contribution < -0.4 is 5.32 Å². The average Bonchev–Trinajstić information content (AvgIpc) is 2.52. The molecule has 1 aromatic rings. The molecule has 2 N–H and O–H groups in total. The molecular weight excluding hydrogens is 280 g/mol. The fourth-order valence-corrected chi connectivity index (χ4v) is 2.44. The Labute approximate surface area is 130 Å². The van der Waals surface area contributed by atoms with E-state index in [1.54, 1.807) is 6.08 Å². The number of likely N-dealkylation sites (tertiary alicyclic amines) is 1. The Hall–Kier alpha value is -2.14. The number of aliphatic carboxylic acids is 1. The number of rotatable bonds is 5. The van der Waals surface area contributed by atoms with E-state index in [9.17, 15) is 9.59 Å². The van der Waals surface area contributed by atoms with Gasteiger partial charge in [-0.15, -0.1) is 0 Å². The number of hydrogen-bond donors (Lipinski definition) is 2. The number of carboxylic acid groups (broad SMARTS) is 1. The number of nitrogens with one attached hydrogen (secondary N) is 1. The van der Waals surface area contributed by atoms with E-state index in [-0.39, 0.29) is 11.8 Å². The molecule has 1 saturated heterocycles. The Bertz CT molecular complexity index is 544. The van der Waals surface area contributed by atoms with Gasteiger partial charge in [-0.2, -0.15) is 0 Å². The summed E-state index contributed by atoms with van der Waals surface area (Å²) in [4.78, 5) is 24.7. The molecule has 0 saturated carbocycles. The van der Waals surface area contributed by atoms with E-state index in [0.717, 1.165) is 5.56 Å². The third kappa shape index (κ3) is 5.00. The molecule has 1 aliphatic rings.